The summed E-state index contributed by atoms with van der Waals surface area (Å²) in [5.74, 6) is 1.34. The number of amides is 1. The minimum absolute atomic E-state index is 0. The van der Waals surface area contributed by atoms with Crippen LogP contribution in [-0.2, 0) is 17.6 Å². The zero-order valence-corrected chi connectivity index (χ0v) is 18.1. The van der Waals surface area contributed by atoms with Crippen LogP contribution >= 0.6 is 23.9 Å². The SMILES string of the molecule is CN1C(=O)Cc2cc(CCN3CCN(c4nsc5ccccc45)CC3)ccc21.Cl. The van der Waals surface area contributed by atoms with E-state index in [0.29, 0.717) is 6.42 Å². The van der Waals surface area contributed by atoms with E-state index in [-0.39, 0.29) is 18.3 Å². The highest BCUT2D eigenvalue weighted by atomic mass is 35.5. The second kappa shape index (κ2) is 8.30. The summed E-state index contributed by atoms with van der Waals surface area (Å²) in [5.41, 5.74) is 3.57. The smallest absolute Gasteiger partial charge is 0.231 e. The summed E-state index contributed by atoms with van der Waals surface area (Å²) in [5, 5.41) is 1.28. The maximum Gasteiger partial charge on any atom is 0.231 e. The number of hydrogen-bond donors (Lipinski definition) is 0. The molecule has 0 N–H and O–H groups in total. The standard InChI is InChI=1S/C22H24N4OS.ClH/c1-24-19-7-6-16(14-17(19)15-21(24)27)8-9-25-10-12-26(13-11-25)22-18-4-2-3-5-20(18)28-23-22;/h2-7,14H,8-13,15H2,1H3;1H. The molecule has 2 aromatic carbocycles. The molecule has 3 heterocycles. The third kappa shape index (κ3) is 3.84. The third-order valence-electron chi connectivity index (χ3n) is 5.97. The van der Waals surface area contributed by atoms with Crippen molar-refractivity contribution in [1.29, 1.82) is 0 Å². The number of fused-ring (bicyclic) bond motifs is 2. The molecule has 152 valence electrons. The average molecular weight is 429 g/mol. The van der Waals surface area contributed by atoms with Crippen LogP contribution < -0.4 is 9.80 Å². The Bertz CT molecular complexity index is 1030. The molecule has 2 aliphatic heterocycles. The molecule has 0 atom stereocenters. The van der Waals surface area contributed by atoms with E-state index in [9.17, 15) is 4.79 Å². The van der Waals surface area contributed by atoms with E-state index >= 15 is 0 Å². The predicted molar refractivity (Wildman–Crippen MR) is 123 cm³/mol. The van der Waals surface area contributed by atoms with E-state index in [1.54, 1.807) is 16.4 Å². The molecule has 1 saturated heterocycles. The van der Waals surface area contributed by atoms with E-state index in [2.05, 4.69) is 52.3 Å². The Hall–Kier alpha value is -2.15. The fraction of sp³-hybridized carbons (Fsp3) is 0.364. The second-order valence-electron chi connectivity index (χ2n) is 7.67. The lowest BCUT2D eigenvalue weighted by atomic mass is 10.1. The highest BCUT2D eigenvalue weighted by Crippen LogP contribution is 2.30. The normalized spacial score (nSPS) is 16.9. The molecule has 7 heteroatoms. The maximum atomic E-state index is 11.9. The molecule has 0 spiro atoms. The van der Waals surface area contributed by atoms with Gasteiger partial charge in [0.1, 0.15) is 5.82 Å². The quantitative estimate of drug-likeness (QED) is 0.636. The summed E-state index contributed by atoms with van der Waals surface area (Å²) in [6.07, 6.45) is 1.57. The first-order valence-electron chi connectivity index (χ1n) is 9.89. The predicted octanol–water partition coefficient (Wildman–Crippen LogP) is 3.60. The van der Waals surface area contributed by atoms with Crippen LogP contribution in [0.5, 0.6) is 0 Å². The highest BCUT2D eigenvalue weighted by Gasteiger charge is 2.24. The number of benzene rings is 2. The average Bonchev–Trinajstić information content (AvgIpc) is 3.28. The molecule has 29 heavy (non-hydrogen) atoms. The van der Waals surface area contributed by atoms with Crippen LogP contribution in [0.3, 0.4) is 0 Å². The largest absolute Gasteiger partial charge is 0.353 e. The zero-order valence-electron chi connectivity index (χ0n) is 16.5. The molecule has 0 bridgehead atoms. The molecular weight excluding hydrogens is 404 g/mol. The van der Waals surface area contributed by atoms with Gasteiger partial charge in [-0.3, -0.25) is 9.69 Å². The van der Waals surface area contributed by atoms with Crippen LogP contribution in [0.15, 0.2) is 42.5 Å². The van der Waals surface area contributed by atoms with Crippen molar-refractivity contribution in [3.8, 4) is 0 Å². The van der Waals surface area contributed by atoms with Gasteiger partial charge in [-0.15, -0.1) is 12.4 Å². The summed E-state index contributed by atoms with van der Waals surface area (Å²) in [6, 6.07) is 15.0. The van der Waals surface area contributed by atoms with E-state index < -0.39 is 0 Å². The number of aromatic nitrogens is 1. The first kappa shape index (κ1) is 20.1. The molecule has 0 aliphatic carbocycles. The molecule has 3 aromatic rings. The van der Waals surface area contributed by atoms with E-state index in [1.807, 2.05) is 7.05 Å². The highest BCUT2D eigenvalue weighted by molar-refractivity contribution is 7.13. The molecule has 1 aromatic heterocycles. The van der Waals surface area contributed by atoms with Gasteiger partial charge in [0.15, 0.2) is 0 Å². The van der Waals surface area contributed by atoms with Gasteiger partial charge in [0.25, 0.3) is 0 Å². The minimum Gasteiger partial charge on any atom is -0.353 e. The maximum absolute atomic E-state index is 11.9. The fourth-order valence-corrected chi connectivity index (χ4v) is 5.05. The molecule has 1 fully saturated rings. The Morgan fingerprint density at radius 3 is 2.69 bits per heavy atom. The minimum atomic E-state index is 0. The van der Waals surface area contributed by atoms with Crippen molar-refractivity contribution in [3.63, 3.8) is 0 Å². The molecule has 0 unspecified atom stereocenters. The lowest BCUT2D eigenvalue weighted by Crippen LogP contribution is -2.47. The van der Waals surface area contributed by atoms with Gasteiger partial charge >= 0.3 is 0 Å². The van der Waals surface area contributed by atoms with Crippen LogP contribution in [0.25, 0.3) is 10.1 Å². The molecule has 0 saturated carbocycles. The fourth-order valence-electron chi connectivity index (χ4n) is 4.25. The number of nitrogens with zero attached hydrogens (tertiary/aromatic N) is 4. The van der Waals surface area contributed by atoms with Gasteiger partial charge in [0.2, 0.25) is 5.91 Å². The van der Waals surface area contributed by atoms with Crippen LogP contribution in [-0.4, -0.2) is 55.0 Å². The molecule has 0 radical (unpaired) electrons. The second-order valence-corrected chi connectivity index (χ2v) is 8.48. The van der Waals surface area contributed by atoms with Gasteiger partial charge in [-0.1, -0.05) is 24.3 Å². The Morgan fingerprint density at radius 1 is 1.07 bits per heavy atom. The Morgan fingerprint density at radius 2 is 1.86 bits per heavy atom. The van der Waals surface area contributed by atoms with Gasteiger partial charge in [0.05, 0.1) is 11.1 Å². The number of hydrogen-bond acceptors (Lipinski definition) is 5. The number of carbonyl (C=O) groups is 1. The molecule has 5 rings (SSSR count). The first-order valence-corrected chi connectivity index (χ1v) is 10.7. The van der Waals surface area contributed by atoms with Gasteiger partial charge in [-0.2, -0.15) is 4.37 Å². The molecule has 1 amide bonds. The van der Waals surface area contributed by atoms with Gasteiger partial charge in [-0.25, -0.2) is 0 Å². The third-order valence-corrected chi connectivity index (χ3v) is 6.78. The lowest BCUT2D eigenvalue weighted by molar-refractivity contribution is -0.117. The van der Waals surface area contributed by atoms with Crippen molar-refractivity contribution in [2.75, 3.05) is 49.6 Å². The van der Waals surface area contributed by atoms with Crippen molar-refractivity contribution in [3.05, 3.63) is 53.6 Å². The van der Waals surface area contributed by atoms with E-state index in [0.717, 1.165) is 50.6 Å². The number of carbonyl (C=O) groups excluding carboxylic acids is 1. The molecular formula is C22H25ClN4OS. The summed E-state index contributed by atoms with van der Waals surface area (Å²) in [4.78, 5) is 18.6. The monoisotopic (exact) mass is 428 g/mol. The number of rotatable bonds is 4. The number of piperazine rings is 1. The van der Waals surface area contributed by atoms with Gasteiger partial charge in [-0.05, 0) is 47.3 Å². The lowest BCUT2D eigenvalue weighted by Gasteiger charge is -2.35. The topological polar surface area (TPSA) is 39.7 Å². The Labute approximate surface area is 181 Å². The Kier molecular flexibility index (Phi) is 5.76. The molecule has 5 nitrogen and oxygen atoms in total. The van der Waals surface area contributed by atoms with E-state index in [1.165, 1.54) is 21.2 Å². The number of anilines is 2. The summed E-state index contributed by atoms with van der Waals surface area (Å²) in [7, 11) is 1.86. The van der Waals surface area contributed by atoms with Gasteiger partial charge < -0.3 is 9.80 Å². The van der Waals surface area contributed by atoms with Crippen molar-refractivity contribution in [2.45, 2.75) is 12.8 Å². The van der Waals surface area contributed by atoms with Crippen molar-refractivity contribution < 1.29 is 4.79 Å². The van der Waals surface area contributed by atoms with Crippen molar-refractivity contribution in [1.82, 2.24) is 9.27 Å². The molecule has 2 aliphatic rings. The van der Waals surface area contributed by atoms with Gasteiger partial charge in [0, 0.05) is 50.8 Å². The van der Waals surface area contributed by atoms with Crippen LogP contribution in [0.2, 0.25) is 0 Å². The number of likely N-dealkylation sites (N-methyl/N-ethyl adjacent to an activating group) is 1. The van der Waals surface area contributed by atoms with E-state index in [4.69, 9.17) is 4.37 Å². The summed E-state index contributed by atoms with van der Waals surface area (Å²) >= 11 is 1.59. The van der Waals surface area contributed by atoms with Crippen LogP contribution in [0.4, 0.5) is 11.5 Å². The summed E-state index contributed by atoms with van der Waals surface area (Å²) in [6.45, 7) is 5.25. The first-order chi connectivity index (χ1) is 13.7. The van der Waals surface area contributed by atoms with Crippen molar-refractivity contribution >= 4 is 51.4 Å². The summed E-state index contributed by atoms with van der Waals surface area (Å²) < 4.78 is 5.97. The van der Waals surface area contributed by atoms with Crippen LogP contribution in [0.1, 0.15) is 11.1 Å². The zero-order chi connectivity index (χ0) is 19.1. The van der Waals surface area contributed by atoms with Crippen molar-refractivity contribution in [2.24, 2.45) is 0 Å². The number of halogens is 1. The Balaban J connectivity index is 0.00000205. The van der Waals surface area contributed by atoms with Crippen LogP contribution in [0, 0.1) is 0 Å².